The SMILES string of the molecule is Cc1cccc(OCCCCCCCCCS)c1F. The van der Waals surface area contributed by atoms with Crippen LogP contribution in [0.1, 0.15) is 50.5 Å². The zero-order valence-electron chi connectivity index (χ0n) is 11.8. The lowest BCUT2D eigenvalue weighted by atomic mass is 10.1. The van der Waals surface area contributed by atoms with Gasteiger partial charge in [-0.3, -0.25) is 0 Å². The first-order valence-corrected chi connectivity index (χ1v) is 7.87. The highest BCUT2D eigenvalue weighted by atomic mass is 32.1. The first kappa shape index (κ1) is 16.4. The molecule has 0 bridgehead atoms. The molecule has 0 saturated heterocycles. The topological polar surface area (TPSA) is 9.23 Å². The third-order valence-electron chi connectivity index (χ3n) is 3.22. The van der Waals surface area contributed by atoms with E-state index in [-0.39, 0.29) is 5.82 Å². The van der Waals surface area contributed by atoms with E-state index in [1.807, 2.05) is 6.07 Å². The van der Waals surface area contributed by atoms with Gasteiger partial charge in [0.1, 0.15) is 0 Å². The average molecular weight is 284 g/mol. The quantitative estimate of drug-likeness (QED) is 0.460. The molecule has 0 heterocycles. The van der Waals surface area contributed by atoms with Gasteiger partial charge >= 0.3 is 0 Å². The number of hydrogen-bond donors (Lipinski definition) is 1. The molecule has 0 aliphatic rings. The Kier molecular flexibility index (Phi) is 8.72. The van der Waals surface area contributed by atoms with Gasteiger partial charge < -0.3 is 4.74 Å². The van der Waals surface area contributed by atoms with E-state index in [9.17, 15) is 4.39 Å². The molecule has 0 N–H and O–H groups in total. The molecule has 0 aliphatic heterocycles. The van der Waals surface area contributed by atoms with Crippen molar-refractivity contribution in [2.45, 2.75) is 51.9 Å². The Labute approximate surface area is 122 Å². The van der Waals surface area contributed by atoms with Crippen molar-refractivity contribution >= 4 is 12.6 Å². The van der Waals surface area contributed by atoms with Crippen LogP contribution in [0.5, 0.6) is 5.75 Å². The second kappa shape index (κ2) is 10.1. The number of hydrogen-bond acceptors (Lipinski definition) is 2. The molecule has 0 amide bonds. The zero-order chi connectivity index (χ0) is 13.9. The Morgan fingerprint density at radius 2 is 1.63 bits per heavy atom. The summed E-state index contributed by atoms with van der Waals surface area (Å²) in [7, 11) is 0. The lowest BCUT2D eigenvalue weighted by Crippen LogP contribution is -2.00. The van der Waals surface area contributed by atoms with Gasteiger partial charge in [0.25, 0.3) is 0 Å². The Morgan fingerprint density at radius 1 is 1.00 bits per heavy atom. The highest BCUT2D eigenvalue weighted by Gasteiger charge is 2.04. The number of aryl methyl sites for hydroxylation is 1. The van der Waals surface area contributed by atoms with Crippen LogP contribution in [-0.2, 0) is 0 Å². The maximum atomic E-state index is 13.6. The van der Waals surface area contributed by atoms with Crippen molar-refractivity contribution in [2.75, 3.05) is 12.4 Å². The molecular weight excluding hydrogens is 259 g/mol. The Morgan fingerprint density at radius 3 is 2.32 bits per heavy atom. The van der Waals surface area contributed by atoms with E-state index in [1.165, 1.54) is 32.1 Å². The number of thiol groups is 1. The van der Waals surface area contributed by atoms with Crippen molar-refractivity contribution in [3.05, 3.63) is 29.6 Å². The number of halogens is 1. The minimum Gasteiger partial charge on any atom is -0.491 e. The van der Waals surface area contributed by atoms with E-state index in [0.29, 0.717) is 17.9 Å². The Hall–Kier alpha value is -0.700. The van der Waals surface area contributed by atoms with Gasteiger partial charge in [-0.15, -0.1) is 0 Å². The van der Waals surface area contributed by atoms with Crippen molar-refractivity contribution in [2.24, 2.45) is 0 Å². The Balaban J connectivity index is 2.03. The lowest BCUT2D eigenvalue weighted by molar-refractivity contribution is 0.289. The van der Waals surface area contributed by atoms with Gasteiger partial charge in [-0.2, -0.15) is 12.6 Å². The highest BCUT2D eigenvalue weighted by molar-refractivity contribution is 7.80. The molecule has 0 unspecified atom stereocenters. The first-order chi connectivity index (χ1) is 9.25. The van der Waals surface area contributed by atoms with Crippen molar-refractivity contribution in [1.82, 2.24) is 0 Å². The molecule has 19 heavy (non-hydrogen) atoms. The average Bonchev–Trinajstić information content (AvgIpc) is 2.41. The molecule has 0 radical (unpaired) electrons. The summed E-state index contributed by atoms with van der Waals surface area (Å²) >= 11 is 4.19. The van der Waals surface area contributed by atoms with Crippen LogP contribution < -0.4 is 4.74 Å². The van der Waals surface area contributed by atoms with Crippen LogP contribution in [0.25, 0.3) is 0 Å². The van der Waals surface area contributed by atoms with E-state index in [1.54, 1.807) is 19.1 Å². The smallest absolute Gasteiger partial charge is 0.167 e. The van der Waals surface area contributed by atoms with E-state index in [0.717, 1.165) is 18.6 Å². The second-order valence-corrected chi connectivity index (χ2v) is 5.38. The number of unbranched alkanes of at least 4 members (excludes halogenated alkanes) is 6. The maximum Gasteiger partial charge on any atom is 0.167 e. The molecule has 1 rings (SSSR count). The van der Waals surface area contributed by atoms with Gasteiger partial charge in [0.05, 0.1) is 6.61 Å². The van der Waals surface area contributed by atoms with E-state index in [2.05, 4.69) is 12.6 Å². The predicted molar refractivity (Wildman–Crippen MR) is 82.8 cm³/mol. The lowest BCUT2D eigenvalue weighted by Gasteiger charge is -2.08. The first-order valence-electron chi connectivity index (χ1n) is 7.24. The minimum atomic E-state index is -0.228. The largest absolute Gasteiger partial charge is 0.491 e. The molecule has 0 spiro atoms. The molecular formula is C16H25FOS. The molecule has 1 nitrogen and oxygen atoms in total. The molecule has 1 aromatic carbocycles. The third kappa shape index (κ3) is 6.86. The summed E-state index contributed by atoms with van der Waals surface area (Å²) in [5.74, 6) is 1.15. The summed E-state index contributed by atoms with van der Waals surface area (Å²) < 4.78 is 19.1. The molecule has 108 valence electrons. The summed E-state index contributed by atoms with van der Waals surface area (Å²) in [6.07, 6.45) is 8.49. The van der Waals surface area contributed by atoms with Gasteiger partial charge in [0.2, 0.25) is 0 Å². The second-order valence-electron chi connectivity index (χ2n) is 4.93. The van der Waals surface area contributed by atoms with Crippen LogP contribution in [0.15, 0.2) is 18.2 Å². The fourth-order valence-corrected chi connectivity index (χ4v) is 2.24. The molecule has 0 aliphatic carbocycles. The van der Waals surface area contributed by atoms with Gasteiger partial charge in [0, 0.05) is 0 Å². The van der Waals surface area contributed by atoms with E-state index >= 15 is 0 Å². The summed E-state index contributed by atoms with van der Waals surface area (Å²) in [5.41, 5.74) is 0.640. The summed E-state index contributed by atoms with van der Waals surface area (Å²) in [5, 5.41) is 0. The molecule has 0 saturated carbocycles. The van der Waals surface area contributed by atoms with Crippen LogP contribution in [-0.4, -0.2) is 12.4 Å². The van der Waals surface area contributed by atoms with Gasteiger partial charge in [-0.1, -0.05) is 44.2 Å². The van der Waals surface area contributed by atoms with Gasteiger partial charge in [-0.05, 0) is 37.1 Å². The highest BCUT2D eigenvalue weighted by Crippen LogP contribution is 2.20. The van der Waals surface area contributed by atoms with Crippen LogP contribution in [0.4, 0.5) is 4.39 Å². The molecule has 3 heteroatoms. The summed E-state index contributed by atoms with van der Waals surface area (Å²) in [6.45, 7) is 2.37. The Bertz CT molecular complexity index is 355. The van der Waals surface area contributed by atoms with Crippen LogP contribution in [0.3, 0.4) is 0 Å². The molecule has 0 aromatic heterocycles. The van der Waals surface area contributed by atoms with Crippen molar-refractivity contribution in [3.63, 3.8) is 0 Å². The monoisotopic (exact) mass is 284 g/mol. The summed E-state index contributed by atoms with van der Waals surface area (Å²) in [4.78, 5) is 0. The fraction of sp³-hybridized carbons (Fsp3) is 0.625. The number of rotatable bonds is 10. The van der Waals surface area contributed by atoms with E-state index in [4.69, 9.17) is 4.74 Å². The summed E-state index contributed by atoms with van der Waals surface area (Å²) in [6, 6.07) is 5.28. The maximum absolute atomic E-state index is 13.6. The van der Waals surface area contributed by atoms with Crippen LogP contribution in [0, 0.1) is 12.7 Å². The number of benzene rings is 1. The standard InChI is InChI=1S/C16H25FOS/c1-14-10-9-11-15(16(14)17)18-12-7-5-3-2-4-6-8-13-19/h9-11,19H,2-8,12-13H2,1H3. The van der Waals surface area contributed by atoms with Crippen LogP contribution >= 0.6 is 12.6 Å². The zero-order valence-corrected chi connectivity index (χ0v) is 12.7. The van der Waals surface area contributed by atoms with Crippen molar-refractivity contribution < 1.29 is 9.13 Å². The fourth-order valence-electron chi connectivity index (χ4n) is 2.01. The number of ether oxygens (including phenoxy) is 1. The molecule has 0 atom stereocenters. The van der Waals surface area contributed by atoms with Crippen molar-refractivity contribution in [3.8, 4) is 5.75 Å². The van der Waals surface area contributed by atoms with Crippen molar-refractivity contribution in [1.29, 1.82) is 0 Å². The normalized spacial score (nSPS) is 10.7. The molecule has 1 aromatic rings. The predicted octanol–water partition coefficient (Wildman–Crippen LogP) is 5.17. The van der Waals surface area contributed by atoms with E-state index < -0.39 is 0 Å². The molecule has 0 fully saturated rings. The minimum absolute atomic E-state index is 0.228. The van der Waals surface area contributed by atoms with Gasteiger partial charge in [0.15, 0.2) is 11.6 Å². The van der Waals surface area contributed by atoms with Crippen LogP contribution in [0.2, 0.25) is 0 Å². The third-order valence-corrected chi connectivity index (χ3v) is 3.53. The van der Waals surface area contributed by atoms with Gasteiger partial charge in [-0.25, -0.2) is 4.39 Å².